The van der Waals surface area contributed by atoms with E-state index in [1.165, 1.54) is 23.5 Å². The number of piperazine rings is 1. The van der Waals surface area contributed by atoms with Crippen molar-refractivity contribution in [2.75, 3.05) is 36.0 Å². The van der Waals surface area contributed by atoms with Crippen LogP contribution in [0, 0.1) is 5.82 Å². The maximum absolute atomic E-state index is 13.1. The number of carbonyl (C=O) groups is 1. The first-order valence-corrected chi connectivity index (χ1v) is 10.5. The van der Waals surface area contributed by atoms with Crippen molar-refractivity contribution >= 4 is 28.1 Å². The van der Waals surface area contributed by atoms with Gasteiger partial charge in [-0.2, -0.15) is 0 Å². The quantitative estimate of drug-likeness (QED) is 0.688. The molecule has 29 heavy (non-hydrogen) atoms. The van der Waals surface area contributed by atoms with E-state index in [1.54, 1.807) is 0 Å². The Morgan fingerprint density at radius 2 is 1.69 bits per heavy atom. The van der Waals surface area contributed by atoms with Gasteiger partial charge in [0, 0.05) is 37.2 Å². The summed E-state index contributed by atoms with van der Waals surface area (Å²) in [5, 5.41) is 5.69. The molecule has 0 bridgehead atoms. The molecule has 1 saturated heterocycles. The highest BCUT2D eigenvalue weighted by Gasteiger charge is 2.21. The average molecular weight is 411 g/mol. The normalized spacial score (nSPS) is 15.2. The number of carbonyl (C=O) groups excluding carboxylic acids is 1. The lowest BCUT2D eigenvalue weighted by atomic mass is 10.1. The zero-order chi connectivity index (χ0) is 20.2. The highest BCUT2D eigenvalue weighted by atomic mass is 32.1. The van der Waals surface area contributed by atoms with E-state index < -0.39 is 0 Å². The van der Waals surface area contributed by atoms with E-state index in [-0.39, 0.29) is 17.8 Å². The number of anilines is 2. The number of halogens is 1. The summed E-state index contributed by atoms with van der Waals surface area (Å²) in [6, 6.07) is 16.4. The van der Waals surface area contributed by atoms with Crippen molar-refractivity contribution in [3.8, 4) is 0 Å². The molecule has 0 saturated carbocycles. The molecule has 1 N–H and O–H groups in total. The van der Waals surface area contributed by atoms with Gasteiger partial charge < -0.3 is 15.1 Å². The lowest BCUT2D eigenvalue weighted by Gasteiger charge is -2.36. The minimum atomic E-state index is -0.220. The molecule has 7 heteroatoms. The molecule has 4 rings (SSSR count). The molecule has 1 unspecified atom stereocenters. The number of amides is 1. The zero-order valence-electron chi connectivity index (χ0n) is 16.2. The van der Waals surface area contributed by atoms with Crippen LogP contribution >= 0.6 is 11.3 Å². The molecular weight excluding hydrogens is 387 g/mol. The minimum Gasteiger partial charge on any atom is -0.368 e. The van der Waals surface area contributed by atoms with Gasteiger partial charge in [-0.3, -0.25) is 4.79 Å². The molecule has 1 aromatic heterocycles. The van der Waals surface area contributed by atoms with Crippen molar-refractivity contribution in [1.29, 1.82) is 0 Å². The van der Waals surface area contributed by atoms with E-state index >= 15 is 0 Å². The first kappa shape index (κ1) is 19.4. The van der Waals surface area contributed by atoms with Gasteiger partial charge in [0.25, 0.3) is 5.91 Å². The third-order valence-corrected chi connectivity index (χ3v) is 6.02. The molecule has 0 radical (unpaired) electrons. The van der Waals surface area contributed by atoms with Crippen LogP contribution in [0.5, 0.6) is 0 Å². The zero-order valence-corrected chi connectivity index (χ0v) is 17.0. The maximum atomic E-state index is 13.1. The molecule has 2 heterocycles. The summed E-state index contributed by atoms with van der Waals surface area (Å²) < 4.78 is 13.1. The average Bonchev–Trinajstić information content (AvgIpc) is 3.25. The first-order chi connectivity index (χ1) is 14.1. The fourth-order valence-corrected chi connectivity index (χ4v) is 4.28. The molecule has 1 aliphatic rings. The number of hydrogen-bond acceptors (Lipinski definition) is 5. The van der Waals surface area contributed by atoms with Crippen LogP contribution in [0.2, 0.25) is 0 Å². The van der Waals surface area contributed by atoms with Gasteiger partial charge in [-0.15, -0.1) is 11.3 Å². The topological polar surface area (TPSA) is 48.5 Å². The van der Waals surface area contributed by atoms with E-state index in [9.17, 15) is 9.18 Å². The third-order valence-electron chi connectivity index (χ3n) is 5.11. The molecule has 3 aromatic rings. The predicted octanol–water partition coefficient (Wildman–Crippen LogP) is 4.10. The van der Waals surface area contributed by atoms with Gasteiger partial charge in [0.15, 0.2) is 5.13 Å². The van der Waals surface area contributed by atoms with E-state index in [4.69, 9.17) is 0 Å². The minimum absolute atomic E-state index is 0.0758. The summed E-state index contributed by atoms with van der Waals surface area (Å²) in [5.41, 5.74) is 2.54. The Kier molecular flexibility index (Phi) is 5.76. The van der Waals surface area contributed by atoms with Crippen LogP contribution in [-0.2, 0) is 0 Å². The van der Waals surface area contributed by atoms with Gasteiger partial charge in [-0.25, -0.2) is 9.37 Å². The molecule has 1 amide bonds. The molecule has 2 aromatic carbocycles. The molecule has 0 spiro atoms. The van der Waals surface area contributed by atoms with Crippen LogP contribution < -0.4 is 15.1 Å². The van der Waals surface area contributed by atoms with E-state index in [0.29, 0.717) is 5.69 Å². The van der Waals surface area contributed by atoms with Crippen LogP contribution in [0.25, 0.3) is 0 Å². The van der Waals surface area contributed by atoms with Gasteiger partial charge in [0.2, 0.25) is 0 Å². The second kappa shape index (κ2) is 8.61. The smallest absolute Gasteiger partial charge is 0.271 e. The van der Waals surface area contributed by atoms with E-state index in [2.05, 4.69) is 20.1 Å². The Bertz CT molecular complexity index is 952. The van der Waals surface area contributed by atoms with Crippen molar-refractivity contribution in [3.05, 3.63) is 77.1 Å². The fourth-order valence-electron chi connectivity index (χ4n) is 3.42. The SMILES string of the molecule is CC(NC(=O)c1csc(N2CCN(c3ccc(F)cc3)CC2)n1)c1ccccc1. The number of rotatable bonds is 5. The van der Waals surface area contributed by atoms with Crippen LogP contribution in [0.3, 0.4) is 0 Å². The number of nitrogens with one attached hydrogen (secondary N) is 1. The largest absolute Gasteiger partial charge is 0.368 e. The van der Waals surface area contributed by atoms with Gasteiger partial charge >= 0.3 is 0 Å². The second-order valence-electron chi connectivity index (χ2n) is 7.07. The maximum Gasteiger partial charge on any atom is 0.271 e. The fraction of sp³-hybridized carbons (Fsp3) is 0.273. The summed E-state index contributed by atoms with van der Waals surface area (Å²) >= 11 is 1.49. The molecule has 150 valence electrons. The molecule has 0 aliphatic carbocycles. The van der Waals surface area contributed by atoms with E-state index in [0.717, 1.165) is 42.6 Å². The van der Waals surface area contributed by atoms with Gasteiger partial charge in [0.1, 0.15) is 11.5 Å². The highest BCUT2D eigenvalue weighted by molar-refractivity contribution is 7.13. The first-order valence-electron chi connectivity index (χ1n) is 9.67. The Morgan fingerprint density at radius 1 is 1.03 bits per heavy atom. The Balaban J connectivity index is 1.34. The van der Waals surface area contributed by atoms with Crippen molar-refractivity contribution in [3.63, 3.8) is 0 Å². The summed E-state index contributed by atoms with van der Waals surface area (Å²) in [6.45, 7) is 5.25. The Labute approximate surface area is 173 Å². The van der Waals surface area contributed by atoms with Crippen LogP contribution in [0.4, 0.5) is 15.2 Å². The number of aromatic nitrogens is 1. The summed E-state index contributed by atoms with van der Waals surface area (Å²) in [4.78, 5) is 21.6. The molecule has 1 fully saturated rings. The summed E-state index contributed by atoms with van der Waals surface area (Å²) in [6.07, 6.45) is 0. The van der Waals surface area contributed by atoms with Gasteiger partial charge in [-0.1, -0.05) is 30.3 Å². The summed E-state index contributed by atoms with van der Waals surface area (Å²) in [7, 11) is 0. The van der Waals surface area contributed by atoms with Gasteiger partial charge in [-0.05, 0) is 36.8 Å². The van der Waals surface area contributed by atoms with Crippen LogP contribution in [0.1, 0.15) is 29.0 Å². The molecular formula is C22H23FN4OS. The third kappa shape index (κ3) is 4.56. The Hall–Kier alpha value is -2.93. The number of hydrogen-bond donors (Lipinski definition) is 1. The highest BCUT2D eigenvalue weighted by Crippen LogP contribution is 2.24. The summed E-state index contributed by atoms with van der Waals surface area (Å²) in [5.74, 6) is -0.378. The van der Waals surface area contributed by atoms with Gasteiger partial charge in [0.05, 0.1) is 6.04 Å². The second-order valence-corrected chi connectivity index (χ2v) is 7.91. The van der Waals surface area contributed by atoms with E-state index in [1.807, 2.05) is 54.8 Å². The lowest BCUT2D eigenvalue weighted by Crippen LogP contribution is -2.46. The Morgan fingerprint density at radius 3 is 2.38 bits per heavy atom. The monoisotopic (exact) mass is 410 g/mol. The predicted molar refractivity (Wildman–Crippen MR) is 115 cm³/mol. The molecule has 5 nitrogen and oxygen atoms in total. The number of thiazole rings is 1. The van der Waals surface area contributed by atoms with Crippen molar-refractivity contribution < 1.29 is 9.18 Å². The number of nitrogens with zero attached hydrogens (tertiary/aromatic N) is 3. The van der Waals surface area contributed by atoms with Crippen LogP contribution in [0.15, 0.2) is 60.0 Å². The lowest BCUT2D eigenvalue weighted by molar-refractivity contribution is 0.0935. The standard InChI is InChI=1S/C22H23FN4OS/c1-16(17-5-3-2-4-6-17)24-21(28)20-15-29-22(25-20)27-13-11-26(12-14-27)19-9-7-18(23)8-10-19/h2-10,15-16H,11-14H2,1H3,(H,24,28). The van der Waals surface area contributed by atoms with Crippen molar-refractivity contribution in [2.45, 2.75) is 13.0 Å². The molecule has 1 aliphatic heterocycles. The van der Waals surface area contributed by atoms with Crippen LogP contribution in [-0.4, -0.2) is 37.1 Å². The van der Waals surface area contributed by atoms with Crippen molar-refractivity contribution in [1.82, 2.24) is 10.3 Å². The molecule has 1 atom stereocenters. The number of benzene rings is 2. The van der Waals surface area contributed by atoms with Crippen molar-refractivity contribution in [2.24, 2.45) is 0 Å².